The van der Waals surface area contributed by atoms with Crippen molar-refractivity contribution < 1.29 is 19.8 Å². The van der Waals surface area contributed by atoms with Crippen LogP contribution in [0.4, 0.5) is 10.5 Å². The van der Waals surface area contributed by atoms with E-state index in [-0.39, 0.29) is 12.3 Å². The Labute approximate surface area is 123 Å². The summed E-state index contributed by atoms with van der Waals surface area (Å²) in [5, 5.41) is 18.3. The molecule has 2 N–H and O–H groups in total. The maximum Gasteiger partial charge on any atom is 0.325 e. The maximum atomic E-state index is 12.5. The fraction of sp³-hybridized carbons (Fsp3) is 0.333. The Kier molecular flexibility index (Phi) is 6.08. The van der Waals surface area contributed by atoms with Gasteiger partial charge < -0.3 is 15.1 Å². The zero-order chi connectivity index (χ0) is 15.8. The summed E-state index contributed by atoms with van der Waals surface area (Å²) in [5.41, 5.74) is 0.387. The van der Waals surface area contributed by atoms with Crippen LogP contribution in [-0.4, -0.2) is 46.7 Å². The molecule has 0 heterocycles. The molecule has 21 heavy (non-hydrogen) atoms. The predicted octanol–water partition coefficient (Wildman–Crippen LogP) is 1.75. The van der Waals surface area contributed by atoms with Gasteiger partial charge >= 0.3 is 12.0 Å². The number of carbonyl (C=O) groups excluding carboxylic acids is 1. The second kappa shape index (κ2) is 7.80. The quantitative estimate of drug-likeness (QED) is 0.782. The summed E-state index contributed by atoms with van der Waals surface area (Å²) < 4.78 is 0. The minimum atomic E-state index is -1.13. The zero-order valence-electron chi connectivity index (χ0n) is 11.8. The van der Waals surface area contributed by atoms with E-state index in [0.717, 1.165) is 4.90 Å². The van der Waals surface area contributed by atoms with Gasteiger partial charge in [0.2, 0.25) is 0 Å². The van der Waals surface area contributed by atoms with Crippen molar-refractivity contribution in [2.24, 2.45) is 0 Å². The smallest absolute Gasteiger partial charge is 0.325 e. The van der Waals surface area contributed by atoms with E-state index >= 15 is 0 Å². The highest BCUT2D eigenvalue weighted by molar-refractivity contribution is 5.96. The molecule has 0 aliphatic carbocycles. The van der Waals surface area contributed by atoms with Crippen LogP contribution in [0.5, 0.6) is 5.75 Å². The fourth-order valence-electron chi connectivity index (χ4n) is 1.83. The van der Waals surface area contributed by atoms with Gasteiger partial charge in [-0.15, -0.1) is 6.42 Å². The van der Waals surface area contributed by atoms with E-state index in [1.807, 2.05) is 6.92 Å². The number of rotatable bonds is 6. The molecule has 6 nitrogen and oxygen atoms in total. The number of nitrogens with zero attached hydrogens (tertiary/aromatic N) is 2. The average Bonchev–Trinajstić information content (AvgIpc) is 2.45. The third-order valence-corrected chi connectivity index (χ3v) is 2.73. The van der Waals surface area contributed by atoms with Gasteiger partial charge in [0.1, 0.15) is 12.3 Å². The van der Waals surface area contributed by atoms with E-state index in [9.17, 15) is 14.7 Å². The normalized spacial score (nSPS) is 9.71. The molecule has 1 aromatic rings. The van der Waals surface area contributed by atoms with Gasteiger partial charge in [-0.2, -0.15) is 0 Å². The van der Waals surface area contributed by atoms with Crippen LogP contribution in [0.25, 0.3) is 0 Å². The van der Waals surface area contributed by atoms with Gasteiger partial charge in [0.25, 0.3) is 0 Å². The standard InChI is InChI=1S/C15H18N2O4/c1-3-9-16(10-4-2)15(21)17(11-14(19)20)12-5-7-13(18)8-6-12/h1,5-8,18H,4,9-11H2,2H3,(H,19,20). The van der Waals surface area contributed by atoms with Gasteiger partial charge in [-0.05, 0) is 30.7 Å². The van der Waals surface area contributed by atoms with Gasteiger partial charge in [-0.1, -0.05) is 12.8 Å². The average molecular weight is 290 g/mol. The second-order valence-corrected chi connectivity index (χ2v) is 4.40. The number of anilines is 1. The molecule has 0 aromatic heterocycles. The van der Waals surface area contributed by atoms with Crippen molar-refractivity contribution in [2.75, 3.05) is 24.5 Å². The first-order chi connectivity index (χ1) is 9.99. The van der Waals surface area contributed by atoms with Gasteiger partial charge in [-0.25, -0.2) is 4.79 Å². The number of aromatic hydroxyl groups is 1. The number of carboxylic acids is 1. The topological polar surface area (TPSA) is 81.1 Å². The van der Waals surface area contributed by atoms with E-state index in [4.69, 9.17) is 11.5 Å². The van der Waals surface area contributed by atoms with E-state index in [2.05, 4.69) is 5.92 Å². The number of urea groups is 1. The number of phenolic OH excluding ortho intramolecular Hbond substituents is 1. The summed E-state index contributed by atoms with van der Waals surface area (Å²) in [5.74, 6) is 1.30. The number of phenols is 1. The second-order valence-electron chi connectivity index (χ2n) is 4.40. The number of carbonyl (C=O) groups is 2. The largest absolute Gasteiger partial charge is 0.508 e. The molecule has 1 aromatic carbocycles. The summed E-state index contributed by atoms with van der Waals surface area (Å²) in [7, 11) is 0. The molecule has 0 atom stereocenters. The number of terminal acetylenes is 1. The molecule has 0 aliphatic heterocycles. The van der Waals surface area contributed by atoms with Crippen LogP contribution in [-0.2, 0) is 4.79 Å². The molecule has 0 unspecified atom stereocenters. The molecule has 0 radical (unpaired) electrons. The van der Waals surface area contributed by atoms with Crippen LogP contribution in [0.2, 0.25) is 0 Å². The van der Waals surface area contributed by atoms with Crippen molar-refractivity contribution >= 4 is 17.7 Å². The number of amides is 2. The van der Waals surface area contributed by atoms with Crippen molar-refractivity contribution in [2.45, 2.75) is 13.3 Å². The van der Waals surface area contributed by atoms with Crippen LogP contribution in [0.1, 0.15) is 13.3 Å². The maximum absolute atomic E-state index is 12.5. The molecule has 0 aliphatic rings. The molecule has 6 heteroatoms. The van der Waals surface area contributed by atoms with Gasteiger partial charge in [0.15, 0.2) is 0 Å². The SMILES string of the molecule is C#CCN(CCC)C(=O)N(CC(=O)O)c1ccc(O)cc1. The van der Waals surface area contributed by atoms with Crippen molar-refractivity contribution in [3.8, 4) is 18.1 Å². The van der Waals surface area contributed by atoms with E-state index < -0.39 is 18.5 Å². The molecule has 112 valence electrons. The molecule has 0 bridgehead atoms. The Bertz CT molecular complexity index is 534. The number of aliphatic carboxylic acids is 1. The summed E-state index contributed by atoms with van der Waals surface area (Å²) in [4.78, 5) is 26.0. The first-order valence-electron chi connectivity index (χ1n) is 6.50. The Hall–Kier alpha value is -2.68. The van der Waals surface area contributed by atoms with Crippen LogP contribution in [0, 0.1) is 12.3 Å². The van der Waals surface area contributed by atoms with Gasteiger partial charge in [0, 0.05) is 12.2 Å². The Morgan fingerprint density at radius 2 is 1.90 bits per heavy atom. The molecule has 0 saturated heterocycles. The highest BCUT2D eigenvalue weighted by Gasteiger charge is 2.23. The molecule has 0 fully saturated rings. The van der Waals surface area contributed by atoms with E-state index in [1.54, 1.807) is 0 Å². The fourth-order valence-corrected chi connectivity index (χ4v) is 1.83. The predicted molar refractivity (Wildman–Crippen MR) is 79.2 cm³/mol. The summed E-state index contributed by atoms with van der Waals surface area (Å²) in [6.45, 7) is 1.98. The summed E-state index contributed by atoms with van der Waals surface area (Å²) >= 11 is 0. The van der Waals surface area contributed by atoms with Crippen molar-refractivity contribution in [3.63, 3.8) is 0 Å². The van der Waals surface area contributed by atoms with E-state index in [0.29, 0.717) is 18.7 Å². The number of benzene rings is 1. The number of hydrogen-bond acceptors (Lipinski definition) is 3. The van der Waals surface area contributed by atoms with E-state index in [1.165, 1.54) is 29.2 Å². The molecule has 1 rings (SSSR count). The summed E-state index contributed by atoms with van der Waals surface area (Å²) in [6, 6.07) is 5.28. The van der Waals surface area contributed by atoms with Crippen LogP contribution in [0.3, 0.4) is 0 Å². The van der Waals surface area contributed by atoms with Crippen LogP contribution >= 0.6 is 0 Å². The number of hydrogen-bond donors (Lipinski definition) is 2. The Balaban J connectivity index is 3.05. The Morgan fingerprint density at radius 3 is 2.38 bits per heavy atom. The minimum Gasteiger partial charge on any atom is -0.508 e. The minimum absolute atomic E-state index is 0.0375. The lowest BCUT2D eigenvalue weighted by Crippen LogP contribution is -2.46. The molecule has 0 saturated carbocycles. The van der Waals surface area contributed by atoms with Crippen LogP contribution < -0.4 is 4.90 Å². The molecule has 2 amide bonds. The summed E-state index contributed by atoms with van der Waals surface area (Å²) in [6.07, 6.45) is 5.96. The highest BCUT2D eigenvalue weighted by atomic mass is 16.4. The van der Waals surface area contributed by atoms with Gasteiger partial charge in [0.05, 0.1) is 6.54 Å². The molecular formula is C15H18N2O4. The third-order valence-electron chi connectivity index (χ3n) is 2.73. The molecule has 0 spiro atoms. The monoisotopic (exact) mass is 290 g/mol. The molecular weight excluding hydrogens is 272 g/mol. The lowest BCUT2D eigenvalue weighted by Gasteiger charge is -2.28. The third kappa shape index (κ3) is 4.73. The Morgan fingerprint density at radius 1 is 1.29 bits per heavy atom. The zero-order valence-corrected chi connectivity index (χ0v) is 11.8. The first kappa shape index (κ1) is 16.4. The lowest BCUT2D eigenvalue weighted by molar-refractivity contribution is -0.135. The lowest BCUT2D eigenvalue weighted by atomic mass is 10.2. The first-order valence-corrected chi connectivity index (χ1v) is 6.50. The van der Waals surface area contributed by atoms with Gasteiger partial charge in [-0.3, -0.25) is 9.69 Å². The highest BCUT2D eigenvalue weighted by Crippen LogP contribution is 2.19. The van der Waals surface area contributed by atoms with Crippen LogP contribution in [0.15, 0.2) is 24.3 Å². The van der Waals surface area contributed by atoms with Crippen molar-refractivity contribution in [3.05, 3.63) is 24.3 Å². The van der Waals surface area contributed by atoms with Crippen molar-refractivity contribution in [1.82, 2.24) is 4.90 Å². The van der Waals surface area contributed by atoms with Crippen molar-refractivity contribution in [1.29, 1.82) is 0 Å². The number of carboxylic acid groups (broad SMARTS) is 1.